The number of nitrogens with zero attached hydrogens (tertiary/aromatic N) is 2. The standard InChI is InChI=1S/C6H7N3.2CHNO/c1-2-9-6-4-7-3-5(6)8-1;2*2-1-3/h1-2,7H,3-4H2;2*2H. The van der Waals surface area contributed by atoms with Crippen molar-refractivity contribution < 1.29 is 9.59 Å². The second-order valence-electron chi connectivity index (χ2n) is 2.26. The Morgan fingerprint density at radius 1 is 1.07 bits per heavy atom. The summed E-state index contributed by atoms with van der Waals surface area (Å²) >= 11 is 0. The minimum Gasteiger partial charge on any atom is -0.305 e. The summed E-state index contributed by atoms with van der Waals surface area (Å²) in [6.07, 6.45) is 4.96. The summed E-state index contributed by atoms with van der Waals surface area (Å²) in [5, 5.41) is 14.0. The summed E-state index contributed by atoms with van der Waals surface area (Å²) in [6, 6.07) is 0. The van der Waals surface area contributed by atoms with Crippen molar-refractivity contribution in [3.63, 3.8) is 0 Å². The molecule has 0 saturated heterocycles. The number of hydrogen-bond donors (Lipinski definition) is 3. The Kier molecular flexibility index (Phi) is 7.17. The fraction of sp³-hybridized carbons (Fsp3) is 0.250. The van der Waals surface area contributed by atoms with E-state index in [2.05, 4.69) is 15.3 Å². The van der Waals surface area contributed by atoms with E-state index in [0.717, 1.165) is 36.6 Å². The monoisotopic (exact) mass is 207 g/mol. The molecule has 1 aliphatic heterocycles. The molecule has 0 aliphatic carbocycles. The van der Waals surface area contributed by atoms with Crippen molar-refractivity contribution in [3.8, 4) is 0 Å². The van der Waals surface area contributed by atoms with Crippen molar-refractivity contribution in [2.24, 2.45) is 0 Å². The van der Waals surface area contributed by atoms with Crippen LogP contribution in [-0.2, 0) is 22.7 Å². The lowest BCUT2D eigenvalue weighted by atomic mass is 10.4. The smallest absolute Gasteiger partial charge is 0.231 e. The molecular weight excluding hydrogens is 198 g/mol. The van der Waals surface area contributed by atoms with Gasteiger partial charge in [0, 0.05) is 25.5 Å². The van der Waals surface area contributed by atoms with E-state index in [1.54, 1.807) is 12.4 Å². The highest BCUT2D eigenvalue weighted by Gasteiger charge is 2.09. The molecule has 3 N–H and O–H groups in total. The lowest BCUT2D eigenvalue weighted by molar-refractivity contribution is 0.562. The van der Waals surface area contributed by atoms with Gasteiger partial charge < -0.3 is 5.32 Å². The Labute approximate surface area is 85.6 Å². The maximum absolute atomic E-state index is 8.35. The molecule has 0 amide bonds. The Balaban J connectivity index is 0.000000280. The summed E-state index contributed by atoms with van der Waals surface area (Å²) < 4.78 is 0. The van der Waals surface area contributed by atoms with Gasteiger partial charge in [-0.25, -0.2) is 20.4 Å². The van der Waals surface area contributed by atoms with Gasteiger partial charge in [0.25, 0.3) is 0 Å². The van der Waals surface area contributed by atoms with E-state index in [-0.39, 0.29) is 0 Å². The van der Waals surface area contributed by atoms with Gasteiger partial charge in [-0.3, -0.25) is 9.97 Å². The van der Waals surface area contributed by atoms with E-state index in [4.69, 9.17) is 20.4 Å². The van der Waals surface area contributed by atoms with Gasteiger partial charge in [0.1, 0.15) is 0 Å². The molecule has 7 heteroatoms. The van der Waals surface area contributed by atoms with E-state index < -0.39 is 0 Å². The molecule has 0 radical (unpaired) electrons. The van der Waals surface area contributed by atoms with E-state index >= 15 is 0 Å². The van der Waals surface area contributed by atoms with Crippen LogP contribution >= 0.6 is 0 Å². The van der Waals surface area contributed by atoms with Crippen LogP contribution in [0.25, 0.3) is 0 Å². The number of aromatic nitrogens is 2. The molecule has 0 fully saturated rings. The number of rotatable bonds is 0. The zero-order chi connectivity index (χ0) is 11.5. The highest BCUT2D eigenvalue weighted by atomic mass is 16.1. The van der Waals surface area contributed by atoms with Crippen molar-refractivity contribution in [2.45, 2.75) is 13.1 Å². The normalized spacial score (nSPS) is 10.4. The second kappa shape index (κ2) is 8.40. The van der Waals surface area contributed by atoms with Gasteiger partial charge in [-0.1, -0.05) is 0 Å². The first-order valence-corrected chi connectivity index (χ1v) is 3.87. The van der Waals surface area contributed by atoms with Crippen LogP contribution in [-0.4, -0.2) is 22.1 Å². The molecule has 0 atom stereocenters. The largest absolute Gasteiger partial charge is 0.305 e. The second-order valence-corrected chi connectivity index (χ2v) is 2.26. The highest BCUT2D eigenvalue weighted by Crippen LogP contribution is 2.06. The quantitative estimate of drug-likeness (QED) is 0.404. The summed E-state index contributed by atoms with van der Waals surface area (Å²) in [7, 11) is 0. The molecule has 1 aromatic rings. The molecular formula is C8H9N5O2. The molecule has 2 heterocycles. The molecule has 0 unspecified atom stereocenters. The third kappa shape index (κ3) is 5.17. The average Bonchev–Trinajstić information content (AvgIpc) is 2.67. The van der Waals surface area contributed by atoms with Crippen LogP contribution in [0.2, 0.25) is 0 Å². The minimum absolute atomic E-state index is 0.750. The molecule has 78 valence electrons. The van der Waals surface area contributed by atoms with Crippen LogP contribution in [0.1, 0.15) is 11.4 Å². The van der Waals surface area contributed by atoms with Crippen LogP contribution < -0.4 is 5.32 Å². The third-order valence-electron chi connectivity index (χ3n) is 1.45. The fourth-order valence-corrected chi connectivity index (χ4v) is 0.990. The maximum Gasteiger partial charge on any atom is 0.231 e. The molecule has 1 aliphatic rings. The van der Waals surface area contributed by atoms with Gasteiger partial charge in [-0.15, -0.1) is 0 Å². The number of nitrogens with one attached hydrogen (secondary N) is 3. The lowest BCUT2D eigenvalue weighted by Crippen LogP contribution is -2.00. The molecule has 0 bridgehead atoms. The van der Waals surface area contributed by atoms with Crippen LogP contribution in [0.5, 0.6) is 0 Å². The van der Waals surface area contributed by atoms with E-state index in [1.165, 1.54) is 0 Å². The van der Waals surface area contributed by atoms with Crippen molar-refractivity contribution in [1.82, 2.24) is 15.3 Å². The molecule has 0 aromatic carbocycles. The highest BCUT2D eigenvalue weighted by molar-refractivity contribution is 5.26. The maximum atomic E-state index is 8.35. The fourth-order valence-electron chi connectivity index (χ4n) is 0.990. The van der Waals surface area contributed by atoms with Crippen LogP contribution in [0, 0.1) is 10.8 Å². The number of fused-ring (bicyclic) bond motifs is 1. The summed E-state index contributed by atoms with van der Waals surface area (Å²) in [6.45, 7) is 1.76. The number of hydrogen-bond acceptors (Lipinski definition) is 7. The van der Waals surface area contributed by atoms with Crippen LogP contribution in [0.4, 0.5) is 0 Å². The lowest BCUT2D eigenvalue weighted by Gasteiger charge is -1.89. The third-order valence-corrected chi connectivity index (χ3v) is 1.45. The van der Waals surface area contributed by atoms with Crippen molar-refractivity contribution >= 4 is 12.2 Å². The van der Waals surface area contributed by atoms with Crippen molar-refractivity contribution in [1.29, 1.82) is 10.8 Å². The SMILES string of the molecule is N=C=O.N=C=O.c1cnc2c(n1)CNC2. The number of isocyanates is 2. The van der Waals surface area contributed by atoms with E-state index in [1.807, 2.05) is 0 Å². The van der Waals surface area contributed by atoms with Crippen LogP contribution in [0.15, 0.2) is 12.4 Å². The molecule has 15 heavy (non-hydrogen) atoms. The van der Waals surface area contributed by atoms with Gasteiger partial charge in [0.2, 0.25) is 12.2 Å². The van der Waals surface area contributed by atoms with E-state index in [0.29, 0.717) is 0 Å². The molecule has 2 rings (SSSR count). The summed E-state index contributed by atoms with van der Waals surface area (Å²) in [4.78, 5) is 25.0. The Morgan fingerprint density at radius 2 is 1.40 bits per heavy atom. The molecule has 0 saturated carbocycles. The van der Waals surface area contributed by atoms with Gasteiger partial charge in [0.15, 0.2) is 0 Å². The zero-order valence-electron chi connectivity index (χ0n) is 7.78. The Hall–Kier alpha value is -2.20. The predicted molar refractivity (Wildman–Crippen MR) is 49.4 cm³/mol. The first kappa shape index (κ1) is 12.8. The van der Waals surface area contributed by atoms with Gasteiger partial charge in [-0.2, -0.15) is 0 Å². The van der Waals surface area contributed by atoms with Gasteiger partial charge in [0.05, 0.1) is 11.4 Å². The number of carbonyl (C=O) groups excluding carboxylic acids is 2. The molecule has 0 spiro atoms. The first-order chi connectivity index (χ1) is 7.29. The first-order valence-electron chi connectivity index (χ1n) is 3.87. The molecule has 7 nitrogen and oxygen atoms in total. The summed E-state index contributed by atoms with van der Waals surface area (Å²) in [5.74, 6) is 0. The topological polar surface area (TPSA) is 120 Å². The van der Waals surface area contributed by atoms with Crippen LogP contribution in [0.3, 0.4) is 0 Å². The summed E-state index contributed by atoms with van der Waals surface area (Å²) in [5.41, 5.74) is 2.19. The van der Waals surface area contributed by atoms with Crippen molar-refractivity contribution in [2.75, 3.05) is 0 Å². The predicted octanol–water partition coefficient (Wildman–Crippen LogP) is -0.118. The van der Waals surface area contributed by atoms with Crippen molar-refractivity contribution in [3.05, 3.63) is 23.8 Å². The van der Waals surface area contributed by atoms with Gasteiger partial charge >= 0.3 is 0 Å². The Morgan fingerprint density at radius 3 is 1.73 bits per heavy atom. The minimum atomic E-state index is 0.750. The zero-order valence-corrected chi connectivity index (χ0v) is 7.78. The van der Waals surface area contributed by atoms with E-state index in [9.17, 15) is 0 Å². The average molecular weight is 207 g/mol. The molecule has 1 aromatic heterocycles. The Bertz CT molecular complexity index is 332. The van der Waals surface area contributed by atoms with Gasteiger partial charge in [-0.05, 0) is 0 Å².